The second-order valence-corrected chi connectivity index (χ2v) is 4.08. The topological polar surface area (TPSA) is 108 Å². The van der Waals surface area contributed by atoms with Gasteiger partial charge in [-0.25, -0.2) is 0 Å². The lowest BCUT2D eigenvalue weighted by Crippen LogP contribution is -1.98. The molecular weight excluding hydrogens is 278 g/mol. The lowest BCUT2D eigenvalue weighted by molar-refractivity contribution is -0.394. The molecule has 0 aliphatic heterocycles. The first kappa shape index (κ1) is 14.3. The Labute approximate surface area is 119 Å². The van der Waals surface area contributed by atoms with E-state index in [1.54, 1.807) is 24.3 Å². The van der Waals surface area contributed by atoms with Crippen LogP contribution in [0.2, 0.25) is 0 Å². The predicted molar refractivity (Wildman–Crippen MR) is 76.0 cm³/mol. The van der Waals surface area contributed by atoms with Crippen LogP contribution < -0.4 is 10.1 Å². The van der Waals surface area contributed by atoms with E-state index in [1.165, 1.54) is 19.2 Å². The fourth-order valence-corrected chi connectivity index (χ4v) is 1.78. The van der Waals surface area contributed by atoms with E-state index in [9.17, 15) is 20.2 Å². The number of ether oxygens (including phenoxy) is 1. The van der Waals surface area contributed by atoms with Crippen LogP contribution in [0, 0.1) is 20.2 Å². The summed E-state index contributed by atoms with van der Waals surface area (Å²) >= 11 is 0. The third-order valence-electron chi connectivity index (χ3n) is 2.71. The number of nitrogens with one attached hydrogen (secondary N) is 1. The Hall–Kier alpha value is -3.16. The molecule has 8 nitrogen and oxygen atoms in total. The maximum absolute atomic E-state index is 10.8. The van der Waals surface area contributed by atoms with Gasteiger partial charge in [0.15, 0.2) is 0 Å². The van der Waals surface area contributed by atoms with E-state index in [1.807, 2.05) is 0 Å². The summed E-state index contributed by atoms with van der Waals surface area (Å²) in [5, 5.41) is 24.5. The van der Waals surface area contributed by atoms with Crippen LogP contribution in [0.1, 0.15) is 0 Å². The molecule has 2 aromatic carbocycles. The summed E-state index contributed by atoms with van der Waals surface area (Å²) in [5.41, 5.74) is 0.0680. The predicted octanol–water partition coefficient (Wildman–Crippen LogP) is 3.26. The number of benzene rings is 2. The standard InChI is InChI=1S/C13H11N3O5/c1-21-13-5-3-2-4-12(13)14-9-6-10(15(17)18)8-11(7-9)16(19)20/h2-8,14H,1H3. The van der Waals surface area contributed by atoms with E-state index in [0.717, 1.165) is 6.07 Å². The molecule has 0 bridgehead atoms. The summed E-state index contributed by atoms with van der Waals surface area (Å²) in [4.78, 5) is 20.3. The molecule has 0 unspecified atom stereocenters. The van der Waals surface area contributed by atoms with E-state index in [-0.39, 0.29) is 17.1 Å². The summed E-state index contributed by atoms with van der Waals surface area (Å²) in [6.45, 7) is 0. The Morgan fingerprint density at radius 3 is 2.10 bits per heavy atom. The number of nitrogens with zero attached hydrogens (tertiary/aromatic N) is 2. The summed E-state index contributed by atoms with van der Waals surface area (Å²) < 4.78 is 5.14. The van der Waals surface area contributed by atoms with Crippen LogP contribution in [0.5, 0.6) is 5.75 Å². The van der Waals surface area contributed by atoms with E-state index in [2.05, 4.69) is 5.32 Å². The van der Waals surface area contributed by atoms with E-state index in [4.69, 9.17) is 4.74 Å². The summed E-state index contributed by atoms with van der Waals surface area (Å²) in [6, 6.07) is 10.3. The fourth-order valence-electron chi connectivity index (χ4n) is 1.78. The first-order chi connectivity index (χ1) is 10.0. The third-order valence-corrected chi connectivity index (χ3v) is 2.71. The summed E-state index contributed by atoms with van der Waals surface area (Å²) in [6.07, 6.45) is 0. The minimum atomic E-state index is -0.680. The zero-order valence-electron chi connectivity index (χ0n) is 11.0. The second kappa shape index (κ2) is 5.87. The van der Waals surface area contributed by atoms with Gasteiger partial charge in [0, 0.05) is 12.1 Å². The number of para-hydroxylation sites is 2. The third kappa shape index (κ3) is 3.24. The van der Waals surface area contributed by atoms with Gasteiger partial charge in [0.2, 0.25) is 0 Å². The largest absolute Gasteiger partial charge is 0.495 e. The number of hydrogen-bond donors (Lipinski definition) is 1. The second-order valence-electron chi connectivity index (χ2n) is 4.08. The van der Waals surface area contributed by atoms with Crippen LogP contribution in [0.15, 0.2) is 42.5 Å². The highest BCUT2D eigenvalue weighted by molar-refractivity contribution is 5.70. The molecule has 0 heterocycles. The molecule has 21 heavy (non-hydrogen) atoms. The Balaban J connectivity index is 2.43. The minimum Gasteiger partial charge on any atom is -0.495 e. The Kier molecular flexibility index (Phi) is 3.98. The molecule has 0 fully saturated rings. The van der Waals surface area contributed by atoms with Crippen LogP contribution >= 0.6 is 0 Å². The van der Waals surface area contributed by atoms with Crippen molar-refractivity contribution in [2.45, 2.75) is 0 Å². The Morgan fingerprint density at radius 2 is 1.57 bits per heavy atom. The smallest absolute Gasteiger partial charge is 0.278 e. The lowest BCUT2D eigenvalue weighted by atomic mass is 10.2. The number of anilines is 2. The van der Waals surface area contributed by atoms with Crippen LogP contribution in [-0.4, -0.2) is 17.0 Å². The number of nitro groups is 2. The van der Waals surface area contributed by atoms with Gasteiger partial charge in [-0.15, -0.1) is 0 Å². The lowest BCUT2D eigenvalue weighted by Gasteiger charge is -2.10. The van der Waals surface area contributed by atoms with Gasteiger partial charge in [0.05, 0.1) is 34.4 Å². The van der Waals surface area contributed by atoms with Crippen molar-refractivity contribution in [2.24, 2.45) is 0 Å². The number of hydrogen-bond acceptors (Lipinski definition) is 6. The van der Waals surface area contributed by atoms with Gasteiger partial charge in [0.1, 0.15) is 5.75 Å². The Bertz CT molecular complexity index is 670. The molecule has 0 saturated heterocycles. The molecule has 0 aliphatic rings. The van der Waals surface area contributed by atoms with E-state index < -0.39 is 9.85 Å². The average molecular weight is 289 g/mol. The van der Waals surface area contributed by atoms with Gasteiger partial charge in [0.25, 0.3) is 11.4 Å². The molecule has 8 heteroatoms. The van der Waals surface area contributed by atoms with E-state index >= 15 is 0 Å². The van der Waals surface area contributed by atoms with Crippen LogP contribution in [0.3, 0.4) is 0 Å². The molecule has 0 atom stereocenters. The van der Waals surface area contributed by atoms with Crippen molar-refractivity contribution in [1.29, 1.82) is 0 Å². The van der Waals surface area contributed by atoms with Gasteiger partial charge < -0.3 is 10.1 Å². The molecule has 108 valence electrons. The number of nitro benzene ring substituents is 2. The molecule has 0 aromatic heterocycles. The molecule has 0 saturated carbocycles. The van der Waals surface area contributed by atoms with Crippen molar-refractivity contribution >= 4 is 22.7 Å². The normalized spacial score (nSPS) is 9.95. The molecule has 0 spiro atoms. The zero-order chi connectivity index (χ0) is 15.4. The van der Waals surface area contributed by atoms with Crippen molar-refractivity contribution in [2.75, 3.05) is 12.4 Å². The van der Waals surface area contributed by atoms with Crippen molar-refractivity contribution in [3.05, 3.63) is 62.7 Å². The minimum absolute atomic E-state index is 0.236. The van der Waals surface area contributed by atoms with Crippen LogP contribution in [0.25, 0.3) is 0 Å². The number of rotatable bonds is 5. The first-order valence-electron chi connectivity index (χ1n) is 5.85. The Morgan fingerprint density at radius 1 is 1.00 bits per heavy atom. The van der Waals surface area contributed by atoms with Gasteiger partial charge in [-0.05, 0) is 12.1 Å². The molecule has 2 aromatic rings. The molecule has 0 aliphatic carbocycles. The average Bonchev–Trinajstić information content (AvgIpc) is 2.47. The van der Waals surface area contributed by atoms with Crippen molar-refractivity contribution in [1.82, 2.24) is 0 Å². The van der Waals surface area contributed by atoms with Crippen molar-refractivity contribution < 1.29 is 14.6 Å². The SMILES string of the molecule is COc1ccccc1Nc1cc([N+](=O)[O-])cc([N+](=O)[O-])c1. The van der Waals surface area contributed by atoms with Crippen molar-refractivity contribution in [3.63, 3.8) is 0 Å². The molecule has 0 amide bonds. The summed E-state index contributed by atoms with van der Waals surface area (Å²) in [7, 11) is 1.48. The summed E-state index contributed by atoms with van der Waals surface area (Å²) in [5.74, 6) is 0.520. The maximum Gasteiger partial charge on any atom is 0.278 e. The van der Waals surface area contributed by atoms with Crippen molar-refractivity contribution in [3.8, 4) is 5.75 Å². The molecule has 0 radical (unpaired) electrons. The van der Waals surface area contributed by atoms with Crippen LogP contribution in [-0.2, 0) is 0 Å². The fraction of sp³-hybridized carbons (Fsp3) is 0.0769. The van der Waals surface area contributed by atoms with Gasteiger partial charge in [-0.1, -0.05) is 12.1 Å². The maximum atomic E-state index is 10.8. The number of non-ortho nitro benzene ring substituents is 2. The van der Waals surface area contributed by atoms with E-state index in [0.29, 0.717) is 11.4 Å². The van der Waals surface area contributed by atoms with Gasteiger partial charge in [-0.3, -0.25) is 20.2 Å². The van der Waals surface area contributed by atoms with Crippen LogP contribution in [0.4, 0.5) is 22.7 Å². The highest BCUT2D eigenvalue weighted by atomic mass is 16.6. The quantitative estimate of drug-likeness (QED) is 0.668. The number of methoxy groups -OCH3 is 1. The van der Waals surface area contributed by atoms with Gasteiger partial charge >= 0.3 is 0 Å². The van der Waals surface area contributed by atoms with Gasteiger partial charge in [-0.2, -0.15) is 0 Å². The first-order valence-corrected chi connectivity index (χ1v) is 5.85. The highest BCUT2D eigenvalue weighted by Gasteiger charge is 2.17. The molecule has 2 rings (SSSR count). The highest BCUT2D eigenvalue weighted by Crippen LogP contribution is 2.31. The molecular formula is C13H11N3O5. The molecule has 1 N–H and O–H groups in total. The zero-order valence-corrected chi connectivity index (χ0v) is 11.0. The monoisotopic (exact) mass is 289 g/mol.